The number of Topliss-reactive ketones (excluding diaryl/α,β-unsaturated/α-hetero) is 1. The number of halogens is 3. The molecule has 0 amide bonds. The van der Waals surface area contributed by atoms with Crippen molar-refractivity contribution >= 4 is 5.78 Å². The molecule has 0 spiro atoms. The highest BCUT2D eigenvalue weighted by atomic mass is 19.4. The van der Waals surface area contributed by atoms with E-state index in [1.54, 1.807) is 12.1 Å². The zero-order chi connectivity index (χ0) is 21.8. The van der Waals surface area contributed by atoms with Gasteiger partial charge in [-0.25, -0.2) is 0 Å². The van der Waals surface area contributed by atoms with E-state index in [4.69, 9.17) is 4.74 Å². The van der Waals surface area contributed by atoms with Crippen LogP contribution in [-0.2, 0) is 6.42 Å². The molecule has 0 aromatic heterocycles. The van der Waals surface area contributed by atoms with Crippen molar-refractivity contribution in [2.24, 2.45) is 5.92 Å². The van der Waals surface area contributed by atoms with Crippen LogP contribution in [0, 0.1) is 5.92 Å². The maximum Gasteiger partial charge on any atom is 0.422 e. The molecule has 31 heavy (non-hydrogen) atoms. The lowest BCUT2D eigenvalue weighted by Crippen LogP contribution is -2.35. The third-order valence-electron chi connectivity index (χ3n) is 6.53. The highest BCUT2D eigenvalue weighted by molar-refractivity contribution is 6.00. The van der Waals surface area contributed by atoms with E-state index in [2.05, 4.69) is 29.2 Å². The Morgan fingerprint density at radius 2 is 1.74 bits per heavy atom. The Kier molecular flexibility index (Phi) is 6.65. The number of carbonyl (C=O) groups excluding carboxylic acids is 1. The van der Waals surface area contributed by atoms with E-state index in [1.807, 2.05) is 6.07 Å². The molecular formula is C25H28F3NO2. The summed E-state index contributed by atoms with van der Waals surface area (Å²) >= 11 is 0. The zero-order valence-corrected chi connectivity index (χ0v) is 17.5. The number of ether oxygens (including phenoxy) is 1. The van der Waals surface area contributed by atoms with E-state index in [9.17, 15) is 18.0 Å². The molecule has 2 aromatic rings. The third kappa shape index (κ3) is 5.67. The van der Waals surface area contributed by atoms with Gasteiger partial charge in [-0.15, -0.1) is 0 Å². The topological polar surface area (TPSA) is 29.5 Å². The minimum Gasteiger partial charge on any atom is -0.484 e. The van der Waals surface area contributed by atoms with Gasteiger partial charge in [-0.3, -0.25) is 4.79 Å². The molecule has 1 unspecified atom stereocenters. The summed E-state index contributed by atoms with van der Waals surface area (Å²) in [5, 5.41) is 0. The molecule has 1 heterocycles. The first-order valence-corrected chi connectivity index (χ1v) is 11.0. The fourth-order valence-corrected chi connectivity index (χ4v) is 4.78. The van der Waals surface area contributed by atoms with Crippen LogP contribution in [0.1, 0.15) is 53.1 Å². The van der Waals surface area contributed by atoms with E-state index in [0.717, 1.165) is 50.9 Å². The molecule has 1 fully saturated rings. The molecule has 1 atom stereocenters. The van der Waals surface area contributed by atoms with Crippen molar-refractivity contribution in [3.8, 4) is 5.75 Å². The molecule has 166 valence electrons. The van der Waals surface area contributed by atoms with Gasteiger partial charge in [-0.05, 0) is 87.0 Å². The van der Waals surface area contributed by atoms with Gasteiger partial charge in [-0.1, -0.05) is 30.3 Å². The standard InChI is InChI=1S/C25H28F3NO2/c26-25(27,28)17-31-22-8-9-23-21(16-22)7-6-20(24(23)30)12-15-29-13-10-19(11-14-29)18-4-2-1-3-5-18/h1-5,8-9,16,19-20H,6-7,10-15,17H2. The monoisotopic (exact) mass is 431 g/mol. The van der Waals surface area contributed by atoms with Gasteiger partial charge in [-0.2, -0.15) is 13.2 Å². The van der Waals surface area contributed by atoms with Crippen molar-refractivity contribution in [3.63, 3.8) is 0 Å². The van der Waals surface area contributed by atoms with Gasteiger partial charge in [0.1, 0.15) is 5.75 Å². The lowest BCUT2D eigenvalue weighted by atomic mass is 9.80. The summed E-state index contributed by atoms with van der Waals surface area (Å²) in [6, 6.07) is 15.3. The van der Waals surface area contributed by atoms with Crippen LogP contribution >= 0.6 is 0 Å². The lowest BCUT2D eigenvalue weighted by Gasteiger charge is -2.33. The summed E-state index contributed by atoms with van der Waals surface area (Å²) in [7, 11) is 0. The fourth-order valence-electron chi connectivity index (χ4n) is 4.78. The minimum absolute atomic E-state index is 0.0127. The predicted octanol–water partition coefficient (Wildman–Crippen LogP) is 5.64. The van der Waals surface area contributed by atoms with Crippen LogP contribution in [0.2, 0.25) is 0 Å². The van der Waals surface area contributed by atoms with Crippen molar-refractivity contribution < 1.29 is 22.7 Å². The van der Waals surface area contributed by atoms with Gasteiger partial charge in [0.25, 0.3) is 0 Å². The summed E-state index contributed by atoms with van der Waals surface area (Å²) in [5.41, 5.74) is 2.85. The molecule has 0 N–H and O–H groups in total. The smallest absolute Gasteiger partial charge is 0.422 e. The number of likely N-dealkylation sites (tertiary alicyclic amines) is 1. The molecule has 1 aliphatic heterocycles. The van der Waals surface area contributed by atoms with Gasteiger partial charge in [0, 0.05) is 11.5 Å². The Morgan fingerprint density at radius 3 is 2.45 bits per heavy atom. The summed E-state index contributed by atoms with van der Waals surface area (Å²) in [4.78, 5) is 15.4. The van der Waals surface area contributed by atoms with Crippen LogP contribution in [0.5, 0.6) is 5.75 Å². The number of fused-ring (bicyclic) bond motifs is 1. The maximum absolute atomic E-state index is 12.9. The van der Waals surface area contributed by atoms with Crippen molar-refractivity contribution in [1.82, 2.24) is 4.90 Å². The fraction of sp³-hybridized carbons (Fsp3) is 0.480. The number of rotatable bonds is 6. The van der Waals surface area contributed by atoms with Gasteiger partial charge in [0.2, 0.25) is 0 Å². The molecule has 1 aliphatic carbocycles. The number of piperidine rings is 1. The molecule has 4 rings (SSSR count). The number of aryl methyl sites for hydroxylation is 1. The quantitative estimate of drug-likeness (QED) is 0.593. The van der Waals surface area contributed by atoms with Crippen LogP contribution in [0.3, 0.4) is 0 Å². The van der Waals surface area contributed by atoms with Crippen molar-refractivity contribution in [2.75, 3.05) is 26.2 Å². The Bertz CT molecular complexity index is 889. The third-order valence-corrected chi connectivity index (χ3v) is 6.53. The zero-order valence-electron chi connectivity index (χ0n) is 17.5. The first-order chi connectivity index (χ1) is 14.9. The van der Waals surface area contributed by atoms with Crippen LogP contribution in [0.15, 0.2) is 48.5 Å². The largest absolute Gasteiger partial charge is 0.484 e. The molecule has 3 nitrogen and oxygen atoms in total. The number of ketones is 1. The normalized spacial score (nSPS) is 20.5. The summed E-state index contributed by atoms with van der Waals surface area (Å²) in [6.45, 7) is 1.71. The van der Waals surface area contributed by atoms with Gasteiger partial charge in [0.05, 0.1) is 0 Å². The number of alkyl halides is 3. The molecule has 0 bridgehead atoms. The van der Waals surface area contributed by atoms with E-state index in [1.165, 1.54) is 11.6 Å². The second-order valence-corrected chi connectivity index (χ2v) is 8.64. The first kappa shape index (κ1) is 21.9. The second kappa shape index (κ2) is 9.43. The molecule has 1 saturated heterocycles. The SMILES string of the molecule is O=C1c2ccc(OCC(F)(F)F)cc2CCC1CCN1CCC(c2ccccc2)CC1. The van der Waals surface area contributed by atoms with E-state index in [0.29, 0.717) is 17.9 Å². The second-order valence-electron chi connectivity index (χ2n) is 8.64. The molecule has 0 saturated carbocycles. The van der Waals surface area contributed by atoms with Crippen LogP contribution < -0.4 is 4.74 Å². The molecule has 0 radical (unpaired) electrons. The number of benzene rings is 2. The minimum atomic E-state index is -4.37. The van der Waals surface area contributed by atoms with Gasteiger partial charge < -0.3 is 9.64 Å². The lowest BCUT2D eigenvalue weighted by molar-refractivity contribution is -0.153. The molecule has 2 aromatic carbocycles. The maximum atomic E-state index is 12.9. The van der Waals surface area contributed by atoms with Crippen molar-refractivity contribution in [3.05, 3.63) is 65.2 Å². The van der Waals surface area contributed by atoms with Crippen molar-refractivity contribution in [2.45, 2.75) is 44.2 Å². The number of hydrogen-bond donors (Lipinski definition) is 0. The van der Waals surface area contributed by atoms with Crippen molar-refractivity contribution in [1.29, 1.82) is 0 Å². The molecule has 2 aliphatic rings. The van der Waals surface area contributed by atoms with E-state index < -0.39 is 12.8 Å². The van der Waals surface area contributed by atoms with Crippen LogP contribution in [0.25, 0.3) is 0 Å². The summed E-state index contributed by atoms with van der Waals surface area (Å²) in [6.07, 6.45) is 0.200. The summed E-state index contributed by atoms with van der Waals surface area (Å²) < 4.78 is 41.9. The highest BCUT2D eigenvalue weighted by Crippen LogP contribution is 2.32. The van der Waals surface area contributed by atoms with Crippen LogP contribution in [-0.4, -0.2) is 43.1 Å². The number of hydrogen-bond acceptors (Lipinski definition) is 3. The number of nitrogens with zero attached hydrogens (tertiary/aromatic N) is 1. The van der Waals surface area contributed by atoms with E-state index in [-0.39, 0.29) is 17.5 Å². The van der Waals surface area contributed by atoms with Gasteiger partial charge in [0.15, 0.2) is 12.4 Å². The summed E-state index contributed by atoms with van der Waals surface area (Å²) in [5.74, 6) is 0.891. The highest BCUT2D eigenvalue weighted by Gasteiger charge is 2.30. The predicted molar refractivity (Wildman–Crippen MR) is 114 cm³/mol. The average molecular weight is 431 g/mol. The molecule has 6 heteroatoms. The Morgan fingerprint density at radius 1 is 1.00 bits per heavy atom. The average Bonchev–Trinajstić information content (AvgIpc) is 2.78. The van der Waals surface area contributed by atoms with E-state index >= 15 is 0 Å². The van der Waals surface area contributed by atoms with Gasteiger partial charge >= 0.3 is 6.18 Å². The number of carbonyl (C=O) groups is 1. The Labute approximate surface area is 181 Å². The Hall–Kier alpha value is -2.34. The first-order valence-electron chi connectivity index (χ1n) is 11.0. The van der Waals surface area contributed by atoms with Crippen LogP contribution in [0.4, 0.5) is 13.2 Å². The molecular weight excluding hydrogens is 403 g/mol. The Balaban J connectivity index is 1.27.